The number of aromatic nitrogens is 4. The first-order valence-corrected chi connectivity index (χ1v) is 9.42. The van der Waals surface area contributed by atoms with Crippen LogP contribution in [-0.4, -0.2) is 38.1 Å². The Morgan fingerprint density at radius 3 is 2.82 bits per heavy atom. The number of hydrogen-bond acceptors (Lipinski definition) is 6. The van der Waals surface area contributed by atoms with E-state index < -0.39 is 0 Å². The third-order valence-electron chi connectivity index (χ3n) is 3.24. The van der Waals surface area contributed by atoms with E-state index in [9.17, 15) is 4.79 Å². The fourth-order valence-corrected chi connectivity index (χ4v) is 3.28. The van der Waals surface area contributed by atoms with Crippen LogP contribution < -0.4 is 5.32 Å². The van der Waals surface area contributed by atoms with Gasteiger partial charge in [-0.3, -0.25) is 4.79 Å². The molecule has 0 unspecified atom stereocenters. The Kier molecular flexibility index (Phi) is 4.99. The first-order chi connectivity index (χ1) is 10.8. The zero-order valence-electron chi connectivity index (χ0n) is 12.2. The van der Waals surface area contributed by atoms with Crippen LogP contribution in [0.3, 0.4) is 0 Å². The number of rotatable bonds is 7. The Balaban J connectivity index is 1.50. The highest BCUT2D eigenvalue weighted by molar-refractivity contribution is 7.99. The monoisotopic (exact) mass is 335 g/mol. The second-order valence-corrected chi connectivity index (χ2v) is 6.91. The molecule has 1 aliphatic carbocycles. The van der Waals surface area contributed by atoms with Crippen LogP contribution in [0.15, 0.2) is 29.4 Å². The highest BCUT2D eigenvalue weighted by Gasteiger charge is 2.28. The predicted octanol–water partition coefficient (Wildman–Crippen LogP) is 2.60. The minimum Gasteiger partial charge on any atom is -0.325 e. The summed E-state index contributed by atoms with van der Waals surface area (Å²) in [5, 5.41) is 15.2. The van der Waals surface area contributed by atoms with Gasteiger partial charge in [0.25, 0.3) is 0 Å². The van der Waals surface area contributed by atoms with Crippen molar-refractivity contribution >= 4 is 35.1 Å². The van der Waals surface area contributed by atoms with Gasteiger partial charge >= 0.3 is 0 Å². The lowest BCUT2D eigenvalue weighted by molar-refractivity contribution is -0.113. The molecule has 6 nitrogen and oxygen atoms in total. The van der Waals surface area contributed by atoms with Crippen molar-refractivity contribution in [1.29, 1.82) is 0 Å². The Hall–Kier alpha value is -1.54. The lowest BCUT2D eigenvalue weighted by atomic mass is 10.2. The van der Waals surface area contributed by atoms with Gasteiger partial charge in [0.15, 0.2) is 0 Å². The number of benzene rings is 1. The standard InChI is InChI=1S/C14H17N5OS2/c1-21-8-10-2-4-11(5-3-10)15-13(20)9-22-14-16-17-18-19(14)12-6-7-12/h2-5,12H,6-9H2,1H3,(H,15,20). The summed E-state index contributed by atoms with van der Waals surface area (Å²) in [5.74, 6) is 1.24. The normalized spacial score (nSPS) is 14.0. The molecule has 0 bridgehead atoms. The number of hydrogen-bond donors (Lipinski definition) is 1. The molecule has 1 N–H and O–H groups in total. The maximum atomic E-state index is 12.0. The summed E-state index contributed by atoms with van der Waals surface area (Å²) in [6, 6.07) is 8.36. The van der Waals surface area contributed by atoms with Crippen LogP contribution in [0, 0.1) is 0 Å². The third kappa shape index (κ3) is 4.01. The van der Waals surface area contributed by atoms with Crippen molar-refractivity contribution in [1.82, 2.24) is 20.2 Å². The van der Waals surface area contributed by atoms with Gasteiger partial charge in [0.05, 0.1) is 11.8 Å². The van der Waals surface area contributed by atoms with Gasteiger partial charge in [-0.25, -0.2) is 4.68 Å². The lowest BCUT2D eigenvalue weighted by Crippen LogP contribution is -2.14. The largest absolute Gasteiger partial charge is 0.325 e. The Bertz CT molecular complexity index is 639. The molecule has 0 radical (unpaired) electrons. The molecule has 1 fully saturated rings. The topological polar surface area (TPSA) is 72.7 Å². The minimum atomic E-state index is -0.0482. The van der Waals surface area contributed by atoms with Crippen molar-refractivity contribution < 1.29 is 4.79 Å². The van der Waals surface area contributed by atoms with Crippen LogP contribution in [0.1, 0.15) is 24.4 Å². The van der Waals surface area contributed by atoms with Gasteiger partial charge in [0.1, 0.15) is 0 Å². The molecule has 1 aromatic carbocycles. The highest BCUT2D eigenvalue weighted by Crippen LogP contribution is 2.36. The molecule has 2 aromatic rings. The van der Waals surface area contributed by atoms with E-state index in [0.29, 0.717) is 17.0 Å². The van der Waals surface area contributed by atoms with Gasteiger partial charge in [-0.05, 0) is 47.2 Å². The lowest BCUT2D eigenvalue weighted by Gasteiger charge is -2.06. The number of carbonyl (C=O) groups excluding carboxylic acids is 1. The zero-order valence-corrected chi connectivity index (χ0v) is 13.9. The molecule has 0 spiro atoms. The first-order valence-electron chi connectivity index (χ1n) is 7.04. The number of nitrogens with one attached hydrogen (secondary N) is 1. The number of carbonyl (C=O) groups is 1. The average molecular weight is 335 g/mol. The molecule has 1 aliphatic rings. The minimum absolute atomic E-state index is 0.0482. The van der Waals surface area contributed by atoms with Crippen LogP contribution in [-0.2, 0) is 10.5 Å². The van der Waals surface area contributed by atoms with Crippen LogP contribution in [0.5, 0.6) is 0 Å². The maximum absolute atomic E-state index is 12.0. The maximum Gasteiger partial charge on any atom is 0.234 e. The smallest absolute Gasteiger partial charge is 0.234 e. The Labute approximate surface area is 137 Å². The van der Waals surface area contributed by atoms with E-state index >= 15 is 0 Å². The predicted molar refractivity (Wildman–Crippen MR) is 89.1 cm³/mol. The van der Waals surface area contributed by atoms with E-state index in [1.54, 1.807) is 11.8 Å². The molecular formula is C14H17N5OS2. The van der Waals surface area contributed by atoms with Gasteiger partial charge in [0.2, 0.25) is 11.1 Å². The molecule has 0 saturated heterocycles. The van der Waals surface area contributed by atoms with Crippen LogP contribution >= 0.6 is 23.5 Å². The third-order valence-corrected chi connectivity index (χ3v) is 4.79. The molecule has 1 heterocycles. The van der Waals surface area contributed by atoms with Crippen LogP contribution in [0.25, 0.3) is 0 Å². The molecule has 1 amide bonds. The van der Waals surface area contributed by atoms with E-state index in [2.05, 4.69) is 27.1 Å². The first kappa shape index (κ1) is 15.4. The van der Waals surface area contributed by atoms with Crippen molar-refractivity contribution in [2.75, 3.05) is 17.3 Å². The second kappa shape index (κ2) is 7.15. The fourth-order valence-electron chi connectivity index (χ4n) is 2.01. The van der Waals surface area contributed by atoms with Gasteiger partial charge in [-0.15, -0.1) is 5.10 Å². The summed E-state index contributed by atoms with van der Waals surface area (Å²) in [6.07, 6.45) is 4.31. The number of anilines is 1. The van der Waals surface area contributed by atoms with E-state index in [1.165, 1.54) is 17.3 Å². The van der Waals surface area contributed by atoms with Gasteiger partial charge in [-0.1, -0.05) is 23.9 Å². The summed E-state index contributed by atoms with van der Waals surface area (Å²) in [6.45, 7) is 0. The van der Waals surface area contributed by atoms with Crippen LogP contribution in [0.2, 0.25) is 0 Å². The molecule has 0 aliphatic heterocycles. The molecule has 3 rings (SSSR count). The number of thioether (sulfide) groups is 2. The second-order valence-electron chi connectivity index (χ2n) is 5.10. The molecule has 1 saturated carbocycles. The van der Waals surface area contributed by atoms with Crippen molar-refractivity contribution in [3.8, 4) is 0 Å². The number of tetrazole rings is 1. The van der Waals surface area contributed by atoms with E-state index in [4.69, 9.17) is 0 Å². The summed E-state index contributed by atoms with van der Waals surface area (Å²) >= 11 is 3.15. The molecule has 1 aromatic heterocycles. The summed E-state index contributed by atoms with van der Waals surface area (Å²) in [5.41, 5.74) is 2.07. The van der Waals surface area contributed by atoms with Crippen LogP contribution in [0.4, 0.5) is 5.69 Å². The van der Waals surface area contributed by atoms with Gasteiger partial charge < -0.3 is 5.32 Å². The van der Waals surface area contributed by atoms with Crippen molar-refractivity contribution in [3.05, 3.63) is 29.8 Å². The van der Waals surface area contributed by atoms with Crippen molar-refractivity contribution in [3.63, 3.8) is 0 Å². The zero-order chi connectivity index (χ0) is 15.4. The average Bonchev–Trinajstić information content (AvgIpc) is 3.26. The number of nitrogens with zero attached hydrogens (tertiary/aromatic N) is 4. The molecule has 116 valence electrons. The fraction of sp³-hybridized carbons (Fsp3) is 0.429. The Morgan fingerprint density at radius 1 is 1.36 bits per heavy atom. The Morgan fingerprint density at radius 2 is 2.14 bits per heavy atom. The van der Waals surface area contributed by atoms with Gasteiger partial charge in [0, 0.05) is 11.4 Å². The summed E-state index contributed by atoms with van der Waals surface area (Å²) in [4.78, 5) is 12.0. The quantitative estimate of drug-likeness (QED) is 0.784. The van der Waals surface area contributed by atoms with E-state index in [1.807, 2.05) is 28.9 Å². The molecule has 22 heavy (non-hydrogen) atoms. The van der Waals surface area contributed by atoms with E-state index in [0.717, 1.165) is 24.3 Å². The molecule has 0 atom stereocenters. The SMILES string of the molecule is CSCc1ccc(NC(=O)CSc2nnnn2C2CC2)cc1. The summed E-state index contributed by atoms with van der Waals surface area (Å²) in [7, 11) is 0. The van der Waals surface area contributed by atoms with Gasteiger partial charge in [-0.2, -0.15) is 11.8 Å². The number of amides is 1. The van der Waals surface area contributed by atoms with E-state index in [-0.39, 0.29) is 5.91 Å². The highest BCUT2D eigenvalue weighted by atomic mass is 32.2. The van der Waals surface area contributed by atoms with Crippen molar-refractivity contribution in [2.45, 2.75) is 29.8 Å². The van der Waals surface area contributed by atoms with Crippen molar-refractivity contribution in [2.24, 2.45) is 0 Å². The molecule has 8 heteroatoms. The molecular weight excluding hydrogens is 318 g/mol. The summed E-state index contributed by atoms with van der Waals surface area (Å²) < 4.78 is 1.81.